The molecule has 128 valence electrons. The van der Waals surface area contributed by atoms with E-state index in [0.29, 0.717) is 35.8 Å². The van der Waals surface area contributed by atoms with Crippen LogP contribution >= 0.6 is 0 Å². The van der Waals surface area contributed by atoms with E-state index >= 15 is 0 Å². The van der Waals surface area contributed by atoms with E-state index in [4.69, 9.17) is 4.74 Å². The van der Waals surface area contributed by atoms with Crippen molar-refractivity contribution >= 4 is 11.9 Å². The summed E-state index contributed by atoms with van der Waals surface area (Å²) in [6.45, 7) is 0.942. The fourth-order valence-electron chi connectivity index (χ4n) is 3.33. The molecule has 5 rings (SSSR count). The third-order valence-corrected chi connectivity index (χ3v) is 4.68. The molecular formula is C19H14N4O3. The Morgan fingerprint density at radius 1 is 1.08 bits per heavy atom. The molecule has 0 unspecified atom stereocenters. The molecule has 0 spiro atoms. The number of H-pyrrole nitrogens is 1. The minimum absolute atomic E-state index is 0.0693. The summed E-state index contributed by atoms with van der Waals surface area (Å²) in [5.74, 6) is 0.128. The SMILES string of the molecule is O=C1OCc2ccc(-c3nccc(-c4cc5c([nH]4)CCNC5=O)n3)cc21. The van der Waals surface area contributed by atoms with E-state index in [0.717, 1.165) is 28.9 Å². The minimum atomic E-state index is -0.318. The van der Waals surface area contributed by atoms with E-state index in [1.54, 1.807) is 18.3 Å². The summed E-state index contributed by atoms with van der Waals surface area (Å²) in [4.78, 5) is 35.9. The predicted molar refractivity (Wildman–Crippen MR) is 92.4 cm³/mol. The maximum Gasteiger partial charge on any atom is 0.338 e. The van der Waals surface area contributed by atoms with Crippen LogP contribution < -0.4 is 5.32 Å². The molecule has 0 saturated heterocycles. The molecule has 0 fully saturated rings. The zero-order valence-corrected chi connectivity index (χ0v) is 13.7. The average Bonchev–Trinajstić information content (AvgIpc) is 3.27. The van der Waals surface area contributed by atoms with Gasteiger partial charge in [-0.2, -0.15) is 0 Å². The molecule has 1 amide bonds. The summed E-state index contributed by atoms with van der Waals surface area (Å²) in [5, 5.41) is 2.83. The molecule has 7 heteroatoms. The monoisotopic (exact) mass is 346 g/mol. The third-order valence-electron chi connectivity index (χ3n) is 4.68. The number of amides is 1. The molecule has 2 aromatic heterocycles. The number of rotatable bonds is 2. The molecule has 7 nitrogen and oxygen atoms in total. The highest BCUT2D eigenvalue weighted by atomic mass is 16.5. The Morgan fingerprint density at radius 2 is 2.00 bits per heavy atom. The average molecular weight is 346 g/mol. The molecule has 0 radical (unpaired) electrons. The number of hydrogen-bond donors (Lipinski definition) is 2. The third kappa shape index (κ3) is 2.28. The van der Waals surface area contributed by atoms with Crippen molar-refractivity contribution in [2.45, 2.75) is 13.0 Å². The standard InChI is InChI=1S/C19H14N4O3/c24-18-13-8-16(22-14(13)3-6-21-18)15-4-5-20-17(23-15)10-1-2-11-9-26-19(25)12(11)7-10/h1-2,4-5,7-8,22H,3,6,9H2,(H,21,24). The highest BCUT2D eigenvalue weighted by Crippen LogP contribution is 2.27. The fraction of sp³-hybridized carbons (Fsp3) is 0.158. The van der Waals surface area contributed by atoms with Crippen LogP contribution in [-0.2, 0) is 17.8 Å². The van der Waals surface area contributed by atoms with Gasteiger partial charge in [0, 0.05) is 36.0 Å². The number of fused-ring (bicyclic) bond motifs is 2. The van der Waals surface area contributed by atoms with Gasteiger partial charge < -0.3 is 15.0 Å². The van der Waals surface area contributed by atoms with Crippen molar-refractivity contribution in [2.24, 2.45) is 0 Å². The van der Waals surface area contributed by atoms with E-state index in [1.807, 2.05) is 18.2 Å². The van der Waals surface area contributed by atoms with Crippen LogP contribution in [0, 0.1) is 0 Å². The Bertz CT molecular complexity index is 1070. The van der Waals surface area contributed by atoms with Crippen molar-refractivity contribution in [2.75, 3.05) is 6.54 Å². The van der Waals surface area contributed by atoms with Gasteiger partial charge in [-0.3, -0.25) is 4.79 Å². The van der Waals surface area contributed by atoms with Crippen LogP contribution in [-0.4, -0.2) is 33.4 Å². The maximum absolute atomic E-state index is 12.0. The number of ether oxygens (including phenoxy) is 1. The first kappa shape index (κ1) is 14.8. The number of aromatic nitrogens is 3. The molecule has 0 atom stereocenters. The Labute approximate surface area is 148 Å². The second kappa shape index (κ2) is 5.52. The van der Waals surface area contributed by atoms with Gasteiger partial charge in [0.2, 0.25) is 0 Å². The number of nitrogens with one attached hydrogen (secondary N) is 2. The van der Waals surface area contributed by atoms with Crippen molar-refractivity contribution in [3.05, 3.63) is 58.9 Å². The van der Waals surface area contributed by atoms with Gasteiger partial charge in [0.15, 0.2) is 5.82 Å². The number of benzene rings is 1. The first-order chi connectivity index (χ1) is 12.7. The smallest absolute Gasteiger partial charge is 0.338 e. The van der Waals surface area contributed by atoms with Gasteiger partial charge in [0.1, 0.15) is 6.61 Å². The number of carbonyl (C=O) groups excluding carboxylic acids is 2. The van der Waals surface area contributed by atoms with Gasteiger partial charge in [-0.25, -0.2) is 14.8 Å². The van der Waals surface area contributed by atoms with Crippen LogP contribution in [0.15, 0.2) is 36.5 Å². The quantitative estimate of drug-likeness (QED) is 0.693. The first-order valence-electron chi connectivity index (χ1n) is 8.33. The second-order valence-corrected chi connectivity index (χ2v) is 6.29. The Balaban J connectivity index is 1.55. The molecule has 2 aliphatic rings. The number of esters is 1. The van der Waals surface area contributed by atoms with Crippen LogP contribution in [0.25, 0.3) is 22.8 Å². The number of hydrogen-bond acceptors (Lipinski definition) is 5. The minimum Gasteiger partial charge on any atom is -0.457 e. The molecule has 0 aliphatic carbocycles. The molecule has 4 heterocycles. The van der Waals surface area contributed by atoms with Gasteiger partial charge >= 0.3 is 5.97 Å². The van der Waals surface area contributed by atoms with Gasteiger partial charge in [-0.15, -0.1) is 0 Å². The highest BCUT2D eigenvalue weighted by Gasteiger charge is 2.23. The fourth-order valence-corrected chi connectivity index (χ4v) is 3.33. The first-order valence-corrected chi connectivity index (χ1v) is 8.33. The second-order valence-electron chi connectivity index (χ2n) is 6.29. The van der Waals surface area contributed by atoms with Crippen LogP contribution in [0.5, 0.6) is 0 Å². The summed E-state index contributed by atoms with van der Waals surface area (Å²) in [7, 11) is 0. The van der Waals surface area contributed by atoms with Crippen LogP contribution in [0.3, 0.4) is 0 Å². The summed E-state index contributed by atoms with van der Waals surface area (Å²) in [5.41, 5.74) is 5.23. The largest absolute Gasteiger partial charge is 0.457 e. The van der Waals surface area contributed by atoms with E-state index in [2.05, 4.69) is 20.3 Å². The lowest BCUT2D eigenvalue weighted by Crippen LogP contribution is -2.31. The topological polar surface area (TPSA) is 97.0 Å². The Hall–Kier alpha value is -3.48. The van der Waals surface area contributed by atoms with Crippen molar-refractivity contribution in [1.82, 2.24) is 20.3 Å². The normalized spacial score (nSPS) is 15.2. The molecule has 26 heavy (non-hydrogen) atoms. The molecule has 2 aliphatic heterocycles. The van der Waals surface area contributed by atoms with Crippen LogP contribution in [0.4, 0.5) is 0 Å². The summed E-state index contributed by atoms with van der Waals surface area (Å²) >= 11 is 0. The summed E-state index contributed by atoms with van der Waals surface area (Å²) in [6.07, 6.45) is 2.44. The van der Waals surface area contributed by atoms with Crippen LogP contribution in [0.1, 0.15) is 32.0 Å². The lowest BCUT2D eigenvalue weighted by atomic mass is 10.1. The maximum atomic E-state index is 12.0. The van der Waals surface area contributed by atoms with Crippen molar-refractivity contribution in [1.29, 1.82) is 0 Å². The van der Waals surface area contributed by atoms with Crippen molar-refractivity contribution in [3.63, 3.8) is 0 Å². The van der Waals surface area contributed by atoms with Gasteiger partial charge in [0.05, 0.1) is 22.5 Å². The highest BCUT2D eigenvalue weighted by molar-refractivity contribution is 5.97. The number of cyclic esters (lactones) is 1. The number of nitrogens with zero attached hydrogens (tertiary/aromatic N) is 2. The summed E-state index contributed by atoms with van der Waals surface area (Å²) < 4.78 is 5.04. The Morgan fingerprint density at radius 3 is 2.88 bits per heavy atom. The molecule has 2 N–H and O–H groups in total. The van der Waals surface area contributed by atoms with Crippen molar-refractivity contribution < 1.29 is 14.3 Å². The van der Waals surface area contributed by atoms with E-state index in [1.165, 1.54) is 0 Å². The lowest BCUT2D eigenvalue weighted by Gasteiger charge is -2.10. The molecule has 0 bridgehead atoms. The van der Waals surface area contributed by atoms with Crippen LogP contribution in [0.2, 0.25) is 0 Å². The van der Waals surface area contributed by atoms with Gasteiger partial charge in [-0.1, -0.05) is 12.1 Å². The van der Waals surface area contributed by atoms with Gasteiger partial charge in [0.25, 0.3) is 5.91 Å². The molecule has 0 saturated carbocycles. The van der Waals surface area contributed by atoms with E-state index in [9.17, 15) is 9.59 Å². The van der Waals surface area contributed by atoms with E-state index in [-0.39, 0.29) is 11.9 Å². The zero-order valence-electron chi connectivity index (χ0n) is 13.7. The number of aromatic amines is 1. The molecular weight excluding hydrogens is 332 g/mol. The van der Waals surface area contributed by atoms with Gasteiger partial charge in [-0.05, 0) is 18.2 Å². The lowest BCUT2D eigenvalue weighted by molar-refractivity contribution is 0.0535. The molecule has 3 aromatic rings. The Kier molecular flexibility index (Phi) is 3.15. The predicted octanol–water partition coefficient (Wildman–Crippen LogP) is 2.09. The van der Waals surface area contributed by atoms with Crippen molar-refractivity contribution in [3.8, 4) is 22.8 Å². The summed E-state index contributed by atoms with van der Waals surface area (Å²) in [6, 6.07) is 9.11. The molecule has 1 aromatic carbocycles. The zero-order chi connectivity index (χ0) is 17.7. The van der Waals surface area contributed by atoms with E-state index < -0.39 is 0 Å². The number of carbonyl (C=O) groups is 2.